The second-order valence-electron chi connectivity index (χ2n) is 7.26. The van der Waals surface area contributed by atoms with Crippen LogP contribution in [-0.4, -0.2) is 57.1 Å². The third-order valence-corrected chi connectivity index (χ3v) is 5.59. The van der Waals surface area contributed by atoms with E-state index in [-0.39, 0.29) is 17.7 Å². The Morgan fingerprint density at radius 2 is 1.92 bits per heavy atom. The summed E-state index contributed by atoms with van der Waals surface area (Å²) in [5.41, 5.74) is 0.830. The summed E-state index contributed by atoms with van der Waals surface area (Å²) in [6.45, 7) is 3.15. The molecule has 2 aliphatic heterocycles. The Morgan fingerprint density at radius 3 is 2.54 bits per heavy atom. The highest BCUT2D eigenvalue weighted by Crippen LogP contribution is 2.29. The highest BCUT2D eigenvalue weighted by Gasteiger charge is 2.38. The van der Waals surface area contributed by atoms with Crippen LogP contribution in [0.2, 0.25) is 0 Å². The zero-order chi connectivity index (χ0) is 18.5. The lowest BCUT2D eigenvalue weighted by molar-refractivity contribution is -0.137. The highest BCUT2D eigenvalue weighted by molar-refractivity contribution is 6.00. The van der Waals surface area contributed by atoms with Crippen LogP contribution in [0.5, 0.6) is 5.75 Å². The summed E-state index contributed by atoms with van der Waals surface area (Å²) in [5, 5.41) is 3.19. The van der Waals surface area contributed by atoms with E-state index in [2.05, 4.69) is 5.32 Å². The molecule has 1 unspecified atom stereocenters. The smallest absolute Gasteiger partial charge is 0.228 e. The van der Waals surface area contributed by atoms with Crippen molar-refractivity contribution in [1.82, 2.24) is 10.2 Å². The van der Waals surface area contributed by atoms with Crippen molar-refractivity contribution in [3.8, 4) is 5.75 Å². The topological polar surface area (TPSA) is 61.9 Å². The van der Waals surface area contributed by atoms with Gasteiger partial charge in [-0.05, 0) is 63.0 Å². The molecule has 1 aromatic carbocycles. The fourth-order valence-corrected chi connectivity index (χ4v) is 3.93. The number of amides is 2. The van der Waals surface area contributed by atoms with Crippen LogP contribution in [0.15, 0.2) is 24.3 Å². The summed E-state index contributed by atoms with van der Waals surface area (Å²) < 4.78 is 5.16. The summed E-state index contributed by atoms with van der Waals surface area (Å²) in [6, 6.07) is 7.43. The predicted molar refractivity (Wildman–Crippen MR) is 101 cm³/mol. The van der Waals surface area contributed by atoms with E-state index in [1.54, 1.807) is 12.0 Å². The van der Waals surface area contributed by atoms with Crippen molar-refractivity contribution in [2.75, 3.05) is 45.2 Å². The average Bonchev–Trinajstić information content (AvgIpc) is 3.08. The van der Waals surface area contributed by atoms with Gasteiger partial charge < -0.3 is 19.9 Å². The van der Waals surface area contributed by atoms with Crippen molar-refractivity contribution in [2.45, 2.75) is 25.7 Å². The molecule has 0 saturated carbocycles. The summed E-state index contributed by atoms with van der Waals surface area (Å²) in [4.78, 5) is 29.0. The van der Waals surface area contributed by atoms with Gasteiger partial charge in [0.15, 0.2) is 0 Å². The first-order valence-electron chi connectivity index (χ1n) is 9.50. The zero-order valence-electron chi connectivity index (χ0n) is 15.7. The van der Waals surface area contributed by atoms with E-state index in [0.717, 1.165) is 43.9 Å². The Kier molecular flexibility index (Phi) is 6.14. The standard InChI is InChI=1S/C20H29N3O3/c1-21-10-7-15-8-11-22(12-9-15)20(25)16-13-19(24)23(14-16)17-3-5-18(26-2)6-4-17/h3-6,15-16,21H,7-14H2,1-2H3. The Labute approximate surface area is 155 Å². The first-order chi connectivity index (χ1) is 12.6. The molecule has 2 aliphatic rings. The molecule has 6 heteroatoms. The first-order valence-corrected chi connectivity index (χ1v) is 9.50. The normalized spacial score (nSPS) is 21.3. The van der Waals surface area contributed by atoms with Crippen molar-refractivity contribution in [1.29, 1.82) is 0 Å². The fraction of sp³-hybridized carbons (Fsp3) is 0.600. The minimum atomic E-state index is -0.224. The minimum absolute atomic E-state index is 0.0254. The molecule has 2 heterocycles. The number of benzene rings is 1. The van der Waals surface area contributed by atoms with E-state index >= 15 is 0 Å². The Balaban J connectivity index is 1.55. The van der Waals surface area contributed by atoms with Gasteiger partial charge in [-0.1, -0.05) is 0 Å². The largest absolute Gasteiger partial charge is 0.497 e. The maximum atomic E-state index is 12.9. The predicted octanol–water partition coefficient (Wildman–Crippen LogP) is 1.90. The van der Waals surface area contributed by atoms with E-state index in [1.165, 1.54) is 6.42 Å². The highest BCUT2D eigenvalue weighted by atomic mass is 16.5. The van der Waals surface area contributed by atoms with Gasteiger partial charge in [-0.15, -0.1) is 0 Å². The number of methoxy groups -OCH3 is 1. The molecule has 6 nitrogen and oxygen atoms in total. The lowest BCUT2D eigenvalue weighted by Crippen LogP contribution is -2.42. The minimum Gasteiger partial charge on any atom is -0.497 e. The number of carbonyl (C=O) groups excluding carboxylic acids is 2. The number of ether oxygens (including phenoxy) is 1. The monoisotopic (exact) mass is 359 g/mol. The molecule has 0 aliphatic carbocycles. The molecule has 1 aromatic rings. The molecule has 2 fully saturated rings. The number of carbonyl (C=O) groups is 2. The van der Waals surface area contributed by atoms with Gasteiger partial charge in [-0.25, -0.2) is 0 Å². The number of likely N-dealkylation sites (tertiary alicyclic amines) is 1. The first kappa shape index (κ1) is 18.7. The number of anilines is 1. The fourth-order valence-electron chi connectivity index (χ4n) is 3.93. The quantitative estimate of drug-likeness (QED) is 0.843. The van der Waals surface area contributed by atoms with Crippen LogP contribution < -0.4 is 15.0 Å². The molecule has 1 N–H and O–H groups in total. The number of hydrogen-bond acceptors (Lipinski definition) is 4. The summed E-state index contributed by atoms with van der Waals surface area (Å²) in [5.74, 6) is 1.40. The third-order valence-electron chi connectivity index (χ3n) is 5.59. The van der Waals surface area contributed by atoms with E-state index in [4.69, 9.17) is 4.74 Å². The molecular formula is C20H29N3O3. The molecule has 0 radical (unpaired) electrons. The van der Waals surface area contributed by atoms with Crippen LogP contribution in [0.3, 0.4) is 0 Å². The summed E-state index contributed by atoms with van der Waals surface area (Å²) in [7, 11) is 3.59. The van der Waals surface area contributed by atoms with Gasteiger partial charge in [-0.2, -0.15) is 0 Å². The molecule has 0 spiro atoms. The molecule has 1 atom stereocenters. The summed E-state index contributed by atoms with van der Waals surface area (Å²) in [6.07, 6.45) is 3.61. The van der Waals surface area contributed by atoms with Gasteiger partial charge in [0.25, 0.3) is 0 Å². The molecule has 3 rings (SSSR count). The van der Waals surface area contributed by atoms with Crippen LogP contribution in [0.25, 0.3) is 0 Å². The second kappa shape index (κ2) is 8.54. The number of rotatable bonds is 6. The van der Waals surface area contributed by atoms with Gasteiger partial charge in [-0.3, -0.25) is 9.59 Å². The van der Waals surface area contributed by atoms with Crippen molar-refractivity contribution in [2.24, 2.45) is 11.8 Å². The lowest BCUT2D eigenvalue weighted by Gasteiger charge is -2.33. The van der Waals surface area contributed by atoms with Crippen LogP contribution in [0.1, 0.15) is 25.7 Å². The van der Waals surface area contributed by atoms with Crippen molar-refractivity contribution in [3.05, 3.63) is 24.3 Å². The van der Waals surface area contributed by atoms with E-state index in [0.29, 0.717) is 18.9 Å². The van der Waals surface area contributed by atoms with Crippen LogP contribution >= 0.6 is 0 Å². The Bertz CT molecular complexity index is 624. The van der Waals surface area contributed by atoms with Gasteiger partial charge in [0.1, 0.15) is 5.75 Å². The van der Waals surface area contributed by atoms with E-state index in [1.807, 2.05) is 36.2 Å². The third kappa shape index (κ3) is 4.18. The zero-order valence-corrected chi connectivity index (χ0v) is 15.7. The molecule has 2 saturated heterocycles. The molecule has 0 bridgehead atoms. The number of piperidine rings is 1. The van der Waals surface area contributed by atoms with E-state index < -0.39 is 0 Å². The second-order valence-corrected chi connectivity index (χ2v) is 7.26. The number of nitrogens with one attached hydrogen (secondary N) is 1. The Morgan fingerprint density at radius 1 is 1.23 bits per heavy atom. The number of hydrogen-bond donors (Lipinski definition) is 1. The van der Waals surface area contributed by atoms with Crippen molar-refractivity contribution < 1.29 is 14.3 Å². The van der Waals surface area contributed by atoms with Gasteiger partial charge in [0.05, 0.1) is 13.0 Å². The van der Waals surface area contributed by atoms with Crippen LogP contribution in [0, 0.1) is 11.8 Å². The average molecular weight is 359 g/mol. The van der Waals surface area contributed by atoms with E-state index in [9.17, 15) is 9.59 Å². The molecular weight excluding hydrogens is 330 g/mol. The van der Waals surface area contributed by atoms with Crippen LogP contribution in [0.4, 0.5) is 5.69 Å². The number of nitrogens with zero attached hydrogens (tertiary/aromatic N) is 2. The maximum absolute atomic E-state index is 12.9. The SMILES string of the molecule is CNCCC1CCN(C(=O)C2CC(=O)N(c3ccc(OC)cc3)C2)CC1. The Hall–Kier alpha value is -2.08. The van der Waals surface area contributed by atoms with Gasteiger partial charge in [0, 0.05) is 31.7 Å². The molecule has 2 amide bonds. The molecule has 26 heavy (non-hydrogen) atoms. The summed E-state index contributed by atoms with van der Waals surface area (Å²) >= 11 is 0. The molecule has 142 valence electrons. The maximum Gasteiger partial charge on any atom is 0.228 e. The van der Waals surface area contributed by atoms with Crippen molar-refractivity contribution in [3.63, 3.8) is 0 Å². The van der Waals surface area contributed by atoms with Crippen molar-refractivity contribution >= 4 is 17.5 Å². The van der Waals surface area contributed by atoms with Gasteiger partial charge >= 0.3 is 0 Å². The van der Waals surface area contributed by atoms with Crippen LogP contribution in [-0.2, 0) is 9.59 Å². The molecule has 0 aromatic heterocycles. The lowest BCUT2D eigenvalue weighted by atomic mass is 9.92. The van der Waals surface area contributed by atoms with Gasteiger partial charge in [0.2, 0.25) is 11.8 Å².